The van der Waals surface area contributed by atoms with E-state index < -0.39 is 23.1 Å². The van der Waals surface area contributed by atoms with Gasteiger partial charge >= 0.3 is 11.7 Å². The zero-order valence-corrected chi connectivity index (χ0v) is 16.8. The van der Waals surface area contributed by atoms with Crippen molar-refractivity contribution >= 4 is 5.97 Å². The second kappa shape index (κ2) is 8.83. The Morgan fingerprint density at radius 2 is 1.86 bits per heavy atom. The average Bonchev–Trinajstić information content (AvgIpc) is 3.39. The molecule has 0 bridgehead atoms. The number of nitrogens with zero attached hydrogens (tertiary/aromatic N) is 1. The standard InChI is InChI=1S/C21H30N2O6/c24-17-10-13-23(20(26)22-17)18-9-8-16(28-18)14-27-19(25)21(11-4-1-5-12-21)29-15-6-2-3-7-15/h10,13,15-16,18H,1-9,11-12,14H2,(H,22,24,26). The molecule has 3 aliphatic rings. The zero-order chi connectivity index (χ0) is 20.3. The van der Waals surface area contributed by atoms with Crippen LogP contribution in [0.3, 0.4) is 0 Å². The highest BCUT2D eigenvalue weighted by atomic mass is 16.6. The molecule has 3 fully saturated rings. The van der Waals surface area contributed by atoms with E-state index in [4.69, 9.17) is 14.2 Å². The van der Waals surface area contributed by atoms with Crippen molar-refractivity contribution in [1.82, 2.24) is 9.55 Å². The van der Waals surface area contributed by atoms with Crippen LogP contribution >= 0.6 is 0 Å². The van der Waals surface area contributed by atoms with Gasteiger partial charge in [0.15, 0.2) is 5.60 Å². The van der Waals surface area contributed by atoms with Crippen LogP contribution in [0.25, 0.3) is 0 Å². The third kappa shape index (κ3) is 4.64. The van der Waals surface area contributed by atoms with Crippen LogP contribution in [0.15, 0.2) is 21.9 Å². The molecule has 8 heteroatoms. The molecule has 2 saturated carbocycles. The van der Waals surface area contributed by atoms with Crippen LogP contribution in [0.5, 0.6) is 0 Å². The zero-order valence-electron chi connectivity index (χ0n) is 16.8. The van der Waals surface area contributed by atoms with E-state index in [1.807, 2.05) is 0 Å². The number of esters is 1. The highest BCUT2D eigenvalue weighted by Crippen LogP contribution is 2.37. The number of aromatic nitrogens is 2. The van der Waals surface area contributed by atoms with Gasteiger partial charge in [0.05, 0.1) is 12.2 Å². The molecule has 4 rings (SSSR count). The predicted molar refractivity (Wildman–Crippen MR) is 105 cm³/mol. The molecule has 29 heavy (non-hydrogen) atoms. The highest BCUT2D eigenvalue weighted by molar-refractivity contribution is 5.79. The molecule has 8 nitrogen and oxygen atoms in total. The largest absolute Gasteiger partial charge is 0.461 e. The first-order valence-electron chi connectivity index (χ1n) is 10.9. The van der Waals surface area contributed by atoms with E-state index >= 15 is 0 Å². The predicted octanol–water partition coefficient (Wildman–Crippen LogP) is 2.42. The number of carbonyl (C=O) groups is 1. The van der Waals surface area contributed by atoms with Gasteiger partial charge in [-0.25, -0.2) is 9.59 Å². The Bertz CT molecular complexity index is 819. The van der Waals surface area contributed by atoms with E-state index in [9.17, 15) is 14.4 Å². The second-order valence-electron chi connectivity index (χ2n) is 8.49. The fourth-order valence-electron chi connectivity index (χ4n) is 4.79. The van der Waals surface area contributed by atoms with Gasteiger partial charge in [-0.1, -0.05) is 19.3 Å². The number of H-pyrrole nitrogens is 1. The van der Waals surface area contributed by atoms with E-state index in [2.05, 4.69) is 4.98 Å². The maximum atomic E-state index is 13.0. The minimum atomic E-state index is -0.804. The lowest BCUT2D eigenvalue weighted by Gasteiger charge is -2.37. The van der Waals surface area contributed by atoms with Gasteiger partial charge in [-0.3, -0.25) is 14.3 Å². The van der Waals surface area contributed by atoms with Crippen molar-refractivity contribution in [3.8, 4) is 0 Å². The van der Waals surface area contributed by atoms with E-state index in [0.717, 1.165) is 57.8 Å². The first-order chi connectivity index (χ1) is 14.1. The van der Waals surface area contributed by atoms with Gasteiger partial charge in [-0.05, 0) is 51.4 Å². The molecule has 1 aromatic heterocycles. The Balaban J connectivity index is 1.34. The molecule has 0 radical (unpaired) electrons. The highest BCUT2D eigenvalue weighted by Gasteiger charge is 2.45. The summed E-state index contributed by atoms with van der Waals surface area (Å²) in [7, 11) is 0. The van der Waals surface area contributed by atoms with E-state index in [1.54, 1.807) is 0 Å². The molecule has 1 saturated heterocycles. The second-order valence-corrected chi connectivity index (χ2v) is 8.49. The van der Waals surface area contributed by atoms with Gasteiger partial charge in [0.25, 0.3) is 5.56 Å². The number of hydrogen-bond donors (Lipinski definition) is 1. The lowest BCUT2D eigenvalue weighted by Crippen LogP contribution is -2.47. The first kappa shape index (κ1) is 20.3. The maximum Gasteiger partial charge on any atom is 0.338 e. The minimum Gasteiger partial charge on any atom is -0.461 e. The molecule has 0 amide bonds. The van der Waals surface area contributed by atoms with Gasteiger partial charge in [0.2, 0.25) is 0 Å². The van der Waals surface area contributed by atoms with Crippen LogP contribution in [0.1, 0.15) is 76.9 Å². The van der Waals surface area contributed by atoms with Crippen molar-refractivity contribution in [2.45, 2.75) is 94.7 Å². The lowest BCUT2D eigenvalue weighted by atomic mass is 9.84. The van der Waals surface area contributed by atoms with Crippen LogP contribution < -0.4 is 11.2 Å². The van der Waals surface area contributed by atoms with E-state index in [0.29, 0.717) is 12.8 Å². The molecule has 1 N–H and O–H groups in total. The SMILES string of the molecule is O=C(OCC1CCC(n2ccc(=O)[nH]c2=O)O1)C1(OC2CCCC2)CCCCC1. The summed E-state index contributed by atoms with van der Waals surface area (Å²) in [5.74, 6) is -0.266. The number of nitrogens with one attached hydrogen (secondary N) is 1. The normalized spacial score (nSPS) is 27.2. The molecule has 160 valence electrons. The van der Waals surface area contributed by atoms with Crippen LogP contribution in [0.4, 0.5) is 0 Å². The summed E-state index contributed by atoms with van der Waals surface area (Å²) in [6, 6.07) is 1.30. The number of aromatic amines is 1. The molecule has 0 aromatic carbocycles. The fraction of sp³-hybridized carbons (Fsp3) is 0.762. The maximum absolute atomic E-state index is 13.0. The van der Waals surface area contributed by atoms with Crippen LogP contribution in [0.2, 0.25) is 0 Å². The fourth-order valence-corrected chi connectivity index (χ4v) is 4.79. The summed E-state index contributed by atoms with van der Waals surface area (Å²) in [5, 5.41) is 0. The Hall–Kier alpha value is -1.93. The summed E-state index contributed by atoms with van der Waals surface area (Å²) in [6.45, 7) is 0.156. The van der Waals surface area contributed by atoms with Crippen molar-refractivity contribution in [3.63, 3.8) is 0 Å². The van der Waals surface area contributed by atoms with Gasteiger partial charge in [0.1, 0.15) is 12.8 Å². The number of rotatable bonds is 6. The monoisotopic (exact) mass is 406 g/mol. The third-order valence-corrected chi connectivity index (χ3v) is 6.37. The summed E-state index contributed by atoms with van der Waals surface area (Å²) < 4.78 is 19.3. The van der Waals surface area contributed by atoms with Crippen molar-refractivity contribution in [1.29, 1.82) is 0 Å². The average molecular weight is 406 g/mol. The lowest BCUT2D eigenvalue weighted by molar-refractivity contribution is -0.189. The Morgan fingerprint density at radius 1 is 1.10 bits per heavy atom. The molecular formula is C21H30N2O6. The van der Waals surface area contributed by atoms with Crippen molar-refractivity contribution in [2.24, 2.45) is 0 Å². The molecule has 1 aromatic rings. The summed E-state index contributed by atoms with van der Waals surface area (Å²) in [4.78, 5) is 38.4. The van der Waals surface area contributed by atoms with E-state index in [1.165, 1.54) is 16.8 Å². The Kier molecular flexibility index (Phi) is 6.20. The molecule has 2 aliphatic carbocycles. The summed E-state index contributed by atoms with van der Waals surface area (Å²) >= 11 is 0. The van der Waals surface area contributed by atoms with Crippen molar-refractivity contribution in [2.75, 3.05) is 6.61 Å². The van der Waals surface area contributed by atoms with Crippen LogP contribution in [-0.4, -0.2) is 39.9 Å². The van der Waals surface area contributed by atoms with Crippen LogP contribution in [0, 0.1) is 0 Å². The molecule has 1 aliphatic heterocycles. The van der Waals surface area contributed by atoms with Crippen LogP contribution in [-0.2, 0) is 19.0 Å². The molecule has 2 heterocycles. The summed E-state index contributed by atoms with van der Waals surface area (Å²) in [6.07, 6.45) is 11.1. The molecule has 2 unspecified atom stereocenters. The van der Waals surface area contributed by atoms with Crippen molar-refractivity contribution < 1.29 is 19.0 Å². The number of ether oxygens (including phenoxy) is 3. The summed E-state index contributed by atoms with van der Waals surface area (Å²) in [5.41, 5.74) is -1.73. The van der Waals surface area contributed by atoms with Crippen molar-refractivity contribution in [3.05, 3.63) is 33.1 Å². The Morgan fingerprint density at radius 3 is 2.59 bits per heavy atom. The number of carbonyl (C=O) groups excluding carboxylic acids is 1. The van der Waals surface area contributed by atoms with Gasteiger partial charge in [-0.2, -0.15) is 0 Å². The molecule has 2 atom stereocenters. The van der Waals surface area contributed by atoms with E-state index in [-0.39, 0.29) is 24.8 Å². The first-order valence-corrected chi connectivity index (χ1v) is 10.9. The molecular weight excluding hydrogens is 376 g/mol. The number of hydrogen-bond acceptors (Lipinski definition) is 6. The quantitative estimate of drug-likeness (QED) is 0.729. The third-order valence-electron chi connectivity index (χ3n) is 6.37. The van der Waals surface area contributed by atoms with Gasteiger partial charge in [-0.15, -0.1) is 0 Å². The molecule has 0 spiro atoms. The minimum absolute atomic E-state index is 0.156. The Labute approximate surface area is 169 Å². The van der Waals surface area contributed by atoms with Gasteiger partial charge < -0.3 is 14.2 Å². The smallest absolute Gasteiger partial charge is 0.338 e. The topological polar surface area (TPSA) is 99.6 Å². The van der Waals surface area contributed by atoms with Gasteiger partial charge in [0, 0.05) is 12.3 Å².